The lowest BCUT2D eigenvalue weighted by molar-refractivity contribution is -0.0195. The lowest BCUT2D eigenvalue weighted by Crippen LogP contribution is -2.26. The summed E-state index contributed by atoms with van der Waals surface area (Å²) in [6, 6.07) is 0. The van der Waals surface area contributed by atoms with Crippen LogP contribution in [0.4, 0.5) is 0 Å². The van der Waals surface area contributed by atoms with Crippen molar-refractivity contribution in [2.24, 2.45) is 0 Å². The monoisotopic (exact) mass is 197 g/mol. The van der Waals surface area contributed by atoms with Crippen molar-refractivity contribution < 1.29 is 4.74 Å². The third-order valence-corrected chi connectivity index (χ3v) is 2.13. The van der Waals surface area contributed by atoms with Gasteiger partial charge in [-0.05, 0) is 34.1 Å². The molecule has 0 spiro atoms. The van der Waals surface area contributed by atoms with Crippen molar-refractivity contribution >= 4 is 0 Å². The zero-order chi connectivity index (χ0) is 10.6. The highest BCUT2D eigenvalue weighted by Gasteiger charge is 2.17. The first-order valence-corrected chi connectivity index (χ1v) is 5.04. The van der Waals surface area contributed by atoms with Gasteiger partial charge < -0.3 is 4.74 Å². The third kappa shape index (κ3) is 3.46. The molecule has 1 rings (SSSR count). The van der Waals surface area contributed by atoms with Crippen LogP contribution < -0.4 is 0 Å². The quantitative estimate of drug-likeness (QED) is 0.722. The van der Waals surface area contributed by atoms with Gasteiger partial charge in [0.15, 0.2) is 0 Å². The number of hydrogen-bond donors (Lipinski definition) is 0. The topological polar surface area (TPSA) is 39.9 Å². The Bertz CT molecular complexity index is 281. The first-order valence-electron chi connectivity index (χ1n) is 5.04. The molecule has 0 saturated carbocycles. The summed E-state index contributed by atoms with van der Waals surface area (Å²) < 4.78 is 7.45. The molecule has 0 radical (unpaired) electrons. The zero-order valence-electron chi connectivity index (χ0n) is 9.45. The van der Waals surface area contributed by atoms with Gasteiger partial charge in [0.1, 0.15) is 0 Å². The fourth-order valence-electron chi connectivity index (χ4n) is 1.35. The van der Waals surface area contributed by atoms with E-state index in [4.69, 9.17) is 4.74 Å². The van der Waals surface area contributed by atoms with Crippen molar-refractivity contribution in [3.63, 3.8) is 0 Å². The average Bonchev–Trinajstić information content (AvgIpc) is 2.48. The van der Waals surface area contributed by atoms with Gasteiger partial charge in [0.05, 0.1) is 11.3 Å². The van der Waals surface area contributed by atoms with Crippen molar-refractivity contribution in [2.75, 3.05) is 6.61 Å². The summed E-state index contributed by atoms with van der Waals surface area (Å²) in [7, 11) is 0. The van der Waals surface area contributed by atoms with E-state index in [1.54, 1.807) is 0 Å². The van der Waals surface area contributed by atoms with Crippen LogP contribution in [-0.2, 0) is 11.3 Å². The van der Waals surface area contributed by atoms with Crippen molar-refractivity contribution in [1.29, 1.82) is 0 Å². The molecule has 0 N–H and O–H groups in total. The number of rotatable bonds is 5. The summed E-state index contributed by atoms with van der Waals surface area (Å²) in [6.45, 7) is 9.76. The Morgan fingerprint density at radius 1 is 1.50 bits per heavy atom. The molecule has 4 nitrogen and oxygen atoms in total. The Kier molecular flexibility index (Phi) is 3.63. The van der Waals surface area contributed by atoms with Crippen LogP contribution >= 0.6 is 0 Å². The molecule has 80 valence electrons. The Labute approximate surface area is 85.3 Å². The molecule has 1 heterocycles. The standard InChI is InChI=1S/C10H19N3O/c1-5-14-10(3,4)6-7-13-8-9(2)11-12-13/h8H,5-7H2,1-4H3. The minimum absolute atomic E-state index is 0.0748. The highest BCUT2D eigenvalue weighted by atomic mass is 16.5. The van der Waals surface area contributed by atoms with E-state index in [9.17, 15) is 0 Å². The second-order valence-corrected chi connectivity index (χ2v) is 4.07. The van der Waals surface area contributed by atoms with E-state index in [0.717, 1.165) is 25.3 Å². The largest absolute Gasteiger partial charge is 0.376 e. The highest BCUT2D eigenvalue weighted by molar-refractivity contribution is 4.86. The molecule has 1 aromatic heterocycles. The van der Waals surface area contributed by atoms with Crippen molar-refractivity contribution in [2.45, 2.75) is 46.3 Å². The molecule has 0 aliphatic heterocycles. The smallest absolute Gasteiger partial charge is 0.0796 e. The van der Waals surface area contributed by atoms with Gasteiger partial charge in [-0.1, -0.05) is 5.21 Å². The number of ether oxygens (including phenoxy) is 1. The van der Waals surface area contributed by atoms with Crippen LogP contribution in [0.1, 0.15) is 32.9 Å². The van der Waals surface area contributed by atoms with Gasteiger partial charge in [0.2, 0.25) is 0 Å². The molecule has 0 aliphatic carbocycles. The van der Waals surface area contributed by atoms with E-state index in [2.05, 4.69) is 24.2 Å². The fraction of sp³-hybridized carbons (Fsp3) is 0.800. The molecular formula is C10H19N3O. The van der Waals surface area contributed by atoms with Crippen molar-refractivity contribution in [1.82, 2.24) is 15.0 Å². The maximum absolute atomic E-state index is 5.60. The Morgan fingerprint density at radius 2 is 2.21 bits per heavy atom. The summed E-state index contributed by atoms with van der Waals surface area (Å²) in [5.74, 6) is 0. The van der Waals surface area contributed by atoms with Crippen LogP contribution in [0.3, 0.4) is 0 Å². The molecule has 1 aromatic rings. The molecule has 0 saturated heterocycles. The number of nitrogens with zero attached hydrogens (tertiary/aromatic N) is 3. The third-order valence-electron chi connectivity index (χ3n) is 2.13. The molecule has 0 amide bonds. The fourth-order valence-corrected chi connectivity index (χ4v) is 1.35. The number of aromatic nitrogens is 3. The predicted molar refractivity (Wildman–Crippen MR) is 55.1 cm³/mol. The Balaban J connectivity index is 2.40. The maximum Gasteiger partial charge on any atom is 0.0796 e. The first kappa shape index (κ1) is 11.2. The van der Waals surface area contributed by atoms with Gasteiger partial charge in [-0.3, -0.25) is 4.68 Å². The lowest BCUT2D eigenvalue weighted by atomic mass is 10.1. The highest BCUT2D eigenvalue weighted by Crippen LogP contribution is 2.14. The Morgan fingerprint density at radius 3 is 2.71 bits per heavy atom. The average molecular weight is 197 g/mol. The van der Waals surface area contributed by atoms with Gasteiger partial charge in [-0.25, -0.2) is 0 Å². The van der Waals surface area contributed by atoms with E-state index in [1.165, 1.54) is 0 Å². The SMILES string of the molecule is CCOC(C)(C)CCn1cc(C)nn1. The van der Waals surface area contributed by atoms with Crippen LogP contribution in [0.5, 0.6) is 0 Å². The number of aryl methyl sites for hydroxylation is 2. The molecule has 4 heteroatoms. The molecule has 0 aliphatic rings. The lowest BCUT2D eigenvalue weighted by Gasteiger charge is -2.24. The maximum atomic E-state index is 5.60. The minimum Gasteiger partial charge on any atom is -0.376 e. The van der Waals surface area contributed by atoms with Gasteiger partial charge in [0.25, 0.3) is 0 Å². The zero-order valence-corrected chi connectivity index (χ0v) is 9.45. The first-order chi connectivity index (χ1) is 6.53. The van der Waals surface area contributed by atoms with Gasteiger partial charge in [-0.15, -0.1) is 5.10 Å². The second kappa shape index (κ2) is 4.55. The molecular weight excluding hydrogens is 178 g/mol. The summed E-state index contributed by atoms with van der Waals surface area (Å²) in [5.41, 5.74) is 0.883. The van der Waals surface area contributed by atoms with Crippen LogP contribution in [0.25, 0.3) is 0 Å². The molecule has 14 heavy (non-hydrogen) atoms. The summed E-state index contributed by atoms with van der Waals surface area (Å²) in [6.07, 6.45) is 2.89. The molecule has 0 bridgehead atoms. The van der Waals surface area contributed by atoms with Crippen LogP contribution in [0.15, 0.2) is 6.20 Å². The van der Waals surface area contributed by atoms with E-state index >= 15 is 0 Å². The summed E-state index contributed by atoms with van der Waals surface area (Å²) in [4.78, 5) is 0. The molecule has 0 fully saturated rings. The van der Waals surface area contributed by atoms with Crippen LogP contribution in [-0.4, -0.2) is 27.2 Å². The normalized spacial score (nSPS) is 12.0. The van der Waals surface area contributed by atoms with Gasteiger partial charge >= 0.3 is 0 Å². The summed E-state index contributed by atoms with van der Waals surface area (Å²) >= 11 is 0. The van der Waals surface area contributed by atoms with E-state index in [1.807, 2.05) is 24.7 Å². The van der Waals surface area contributed by atoms with Crippen LogP contribution in [0.2, 0.25) is 0 Å². The van der Waals surface area contributed by atoms with Gasteiger partial charge in [-0.2, -0.15) is 0 Å². The number of hydrogen-bond acceptors (Lipinski definition) is 3. The van der Waals surface area contributed by atoms with E-state index in [0.29, 0.717) is 0 Å². The van der Waals surface area contributed by atoms with E-state index < -0.39 is 0 Å². The molecule has 0 unspecified atom stereocenters. The van der Waals surface area contributed by atoms with Crippen LogP contribution in [0, 0.1) is 6.92 Å². The molecule has 0 aromatic carbocycles. The second-order valence-electron chi connectivity index (χ2n) is 4.07. The predicted octanol–water partition coefficient (Wildman–Crippen LogP) is 1.79. The van der Waals surface area contributed by atoms with Crippen molar-refractivity contribution in [3.8, 4) is 0 Å². The summed E-state index contributed by atoms with van der Waals surface area (Å²) in [5, 5.41) is 7.93. The Hall–Kier alpha value is -0.900. The van der Waals surface area contributed by atoms with Crippen molar-refractivity contribution in [3.05, 3.63) is 11.9 Å². The molecule has 0 atom stereocenters. The minimum atomic E-state index is -0.0748. The van der Waals surface area contributed by atoms with E-state index in [-0.39, 0.29) is 5.60 Å². The van der Waals surface area contributed by atoms with Gasteiger partial charge in [0, 0.05) is 19.3 Å².